The van der Waals surface area contributed by atoms with E-state index in [1.54, 1.807) is 18.3 Å². The van der Waals surface area contributed by atoms with Gasteiger partial charge in [0.05, 0.1) is 0 Å². The van der Waals surface area contributed by atoms with E-state index in [9.17, 15) is 15.0 Å². The quantitative estimate of drug-likeness (QED) is 0.308. The van der Waals surface area contributed by atoms with Gasteiger partial charge in [0, 0.05) is 13.1 Å². The molecule has 27 heavy (non-hydrogen) atoms. The molecule has 0 spiro atoms. The lowest BCUT2D eigenvalue weighted by molar-refractivity contribution is 0.0681. The van der Waals surface area contributed by atoms with Crippen LogP contribution >= 0.6 is 0 Å². The van der Waals surface area contributed by atoms with Crippen LogP contribution in [0, 0.1) is 0 Å². The Kier molecular flexibility index (Phi) is 10.4. The first kappa shape index (κ1) is 22.9. The number of nitrogens with zero attached hydrogens (tertiary/aromatic N) is 1. The second kappa shape index (κ2) is 12.2. The first-order valence-electron chi connectivity index (χ1n) is 9.23. The number of ether oxygens (including phenoxy) is 1. The Morgan fingerprint density at radius 2 is 2.19 bits per heavy atom. The summed E-state index contributed by atoms with van der Waals surface area (Å²) in [4.78, 5) is 13.7. The topological polar surface area (TPSA) is 108 Å². The molecule has 1 aromatic rings. The van der Waals surface area contributed by atoms with Gasteiger partial charge in [0.1, 0.15) is 31.1 Å². The molecule has 0 aliphatic rings. The van der Waals surface area contributed by atoms with Gasteiger partial charge in [-0.05, 0) is 49.8 Å². The van der Waals surface area contributed by atoms with Gasteiger partial charge in [0.2, 0.25) is 0 Å². The number of nitrogens with two attached hydrogens (primary N) is 1. The summed E-state index contributed by atoms with van der Waals surface area (Å²) in [6, 6.07) is 3.34. The van der Waals surface area contributed by atoms with Gasteiger partial charge in [-0.15, -0.1) is 0 Å². The summed E-state index contributed by atoms with van der Waals surface area (Å²) in [5.74, 6) is -1.24. The number of likely N-dealkylation sites (N-methyl/N-ethyl adjacent to an activating group) is 1. The minimum Gasteiger partial charge on any atom is -0.507 e. The molecule has 0 unspecified atom stereocenters. The van der Waals surface area contributed by atoms with Crippen LogP contribution in [-0.4, -0.2) is 61.8 Å². The number of aromatic carboxylic acids is 1. The second-order valence-electron chi connectivity index (χ2n) is 6.29. The lowest BCUT2D eigenvalue weighted by atomic mass is 9.75. The number of rotatable bonds is 13. The van der Waals surface area contributed by atoms with Gasteiger partial charge >= 0.3 is 5.97 Å². The zero-order valence-corrected chi connectivity index (χ0v) is 16.5. The van der Waals surface area contributed by atoms with Crippen LogP contribution in [0.5, 0.6) is 11.5 Å². The number of nitrogens with one attached hydrogen (secondary N) is 1. The molecular weight excluding hydrogens is 345 g/mol. The van der Waals surface area contributed by atoms with E-state index in [2.05, 4.69) is 5.32 Å². The molecule has 1 radical (unpaired) electrons. The molecule has 5 N–H and O–H groups in total. The Balaban J connectivity index is 2.81. The zero-order chi connectivity index (χ0) is 20.2. The number of benzene rings is 1. The maximum Gasteiger partial charge on any atom is 0.343 e. The number of carboxylic acid groups (broad SMARTS) is 1. The molecule has 0 aliphatic heterocycles. The summed E-state index contributed by atoms with van der Waals surface area (Å²) >= 11 is 0. The van der Waals surface area contributed by atoms with E-state index in [4.69, 9.17) is 10.5 Å². The van der Waals surface area contributed by atoms with Gasteiger partial charge in [-0.1, -0.05) is 26.1 Å². The summed E-state index contributed by atoms with van der Waals surface area (Å²) in [5, 5.41) is 22.9. The molecule has 1 rings (SSSR count). The number of aryl methyl sites for hydroxylation is 1. The van der Waals surface area contributed by atoms with E-state index < -0.39 is 5.97 Å². The van der Waals surface area contributed by atoms with Crippen molar-refractivity contribution in [1.29, 1.82) is 0 Å². The summed E-state index contributed by atoms with van der Waals surface area (Å²) in [7, 11) is 3.84. The van der Waals surface area contributed by atoms with Crippen molar-refractivity contribution in [2.75, 3.05) is 33.4 Å². The molecule has 0 aliphatic carbocycles. The number of carbonyl (C=O) groups is 1. The van der Waals surface area contributed by atoms with Gasteiger partial charge in [0.25, 0.3) is 0 Å². The molecular formula is C19H31BN3O4. The largest absolute Gasteiger partial charge is 0.507 e. The fourth-order valence-corrected chi connectivity index (χ4v) is 2.68. The molecule has 0 saturated carbocycles. The highest BCUT2D eigenvalue weighted by Gasteiger charge is 2.20. The molecule has 149 valence electrons. The number of hydrogen-bond acceptors (Lipinski definition) is 6. The van der Waals surface area contributed by atoms with Crippen LogP contribution in [-0.2, 0) is 6.42 Å². The van der Waals surface area contributed by atoms with E-state index in [-0.39, 0.29) is 23.8 Å². The Morgan fingerprint density at radius 3 is 2.74 bits per heavy atom. The van der Waals surface area contributed by atoms with Gasteiger partial charge in [-0.3, -0.25) is 4.90 Å². The lowest BCUT2D eigenvalue weighted by Crippen LogP contribution is -2.30. The molecule has 0 saturated heterocycles. The normalized spacial score (nSPS) is 11.6. The van der Waals surface area contributed by atoms with Crippen molar-refractivity contribution in [3.05, 3.63) is 35.0 Å². The number of hydrogen-bond donors (Lipinski definition) is 4. The predicted molar refractivity (Wildman–Crippen MR) is 109 cm³/mol. The maximum absolute atomic E-state index is 11.6. The average molecular weight is 376 g/mol. The highest BCUT2D eigenvalue weighted by molar-refractivity contribution is 6.33. The van der Waals surface area contributed by atoms with Crippen molar-refractivity contribution in [2.45, 2.75) is 32.9 Å². The Bertz CT molecular complexity index is 638. The number of aromatic hydroxyl groups is 1. The van der Waals surface area contributed by atoms with Crippen molar-refractivity contribution < 1.29 is 19.7 Å². The van der Waals surface area contributed by atoms with Crippen molar-refractivity contribution in [3.63, 3.8) is 0 Å². The molecule has 0 bridgehead atoms. The van der Waals surface area contributed by atoms with Crippen molar-refractivity contribution in [3.8, 4) is 11.5 Å². The van der Waals surface area contributed by atoms with Crippen molar-refractivity contribution in [1.82, 2.24) is 10.2 Å². The van der Waals surface area contributed by atoms with Gasteiger partial charge in [-0.2, -0.15) is 0 Å². The third-order valence-corrected chi connectivity index (χ3v) is 4.38. The minimum atomic E-state index is -1.20. The fraction of sp³-hybridized carbons (Fsp3) is 0.526. The van der Waals surface area contributed by atoms with Gasteiger partial charge in [-0.25, -0.2) is 4.79 Å². The molecule has 0 fully saturated rings. The summed E-state index contributed by atoms with van der Waals surface area (Å²) in [6.45, 7) is 6.37. The van der Waals surface area contributed by atoms with Crippen LogP contribution in [0.15, 0.2) is 23.9 Å². The molecule has 8 heteroatoms. The Labute approximate surface area is 162 Å². The third kappa shape index (κ3) is 7.15. The van der Waals surface area contributed by atoms with Gasteiger partial charge in [0.15, 0.2) is 0 Å². The maximum atomic E-state index is 11.6. The first-order valence-corrected chi connectivity index (χ1v) is 9.23. The van der Waals surface area contributed by atoms with Gasteiger partial charge < -0.3 is 26.0 Å². The van der Waals surface area contributed by atoms with E-state index in [0.29, 0.717) is 12.0 Å². The first-order chi connectivity index (χ1) is 13.0. The Morgan fingerprint density at radius 1 is 1.44 bits per heavy atom. The second-order valence-corrected chi connectivity index (χ2v) is 6.29. The predicted octanol–water partition coefficient (Wildman–Crippen LogP) is 1.91. The van der Waals surface area contributed by atoms with E-state index in [0.717, 1.165) is 37.9 Å². The monoisotopic (exact) mass is 376 g/mol. The number of carboxylic acids is 1. The van der Waals surface area contributed by atoms with E-state index >= 15 is 0 Å². The molecule has 0 heterocycles. The average Bonchev–Trinajstić information content (AvgIpc) is 2.65. The number of phenols is 1. The molecule has 0 atom stereocenters. The van der Waals surface area contributed by atoms with E-state index in [1.807, 2.05) is 33.0 Å². The molecule has 0 aromatic heterocycles. The van der Waals surface area contributed by atoms with Crippen LogP contribution in [0.2, 0.25) is 13.1 Å². The van der Waals surface area contributed by atoms with Crippen LogP contribution in [0.1, 0.15) is 29.3 Å². The zero-order valence-electron chi connectivity index (χ0n) is 16.5. The lowest BCUT2D eigenvalue weighted by Gasteiger charge is -2.22. The Hall–Kier alpha value is -2.19. The SMILES string of the molecule is C[B]CCc1ccc(OCN(CC)CC/C(=C/N)CNC)c(C(=O)O)c1O. The molecule has 1 aromatic carbocycles. The van der Waals surface area contributed by atoms with E-state index in [1.165, 1.54) is 0 Å². The smallest absolute Gasteiger partial charge is 0.343 e. The molecule has 0 amide bonds. The van der Waals surface area contributed by atoms with Crippen molar-refractivity contribution in [2.24, 2.45) is 5.73 Å². The highest BCUT2D eigenvalue weighted by Crippen LogP contribution is 2.32. The summed E-state index contributed by atoms with van der Waals surface area (Å²) < 4.78 is 5.73. The van der Waals surface area contributed by atoms with Crippen LogP contribution < -0.4 is 15.8 Å². The summed E-state index contributed by atoms with van der Waals surface area (Å²) in [5.41, 5.74) is 7.14. The standard InChI is InChI=1S/C19H31BN3O4/c1-4-23(10-8-14(11-21)12-22-3)13-27-16-6-5-15(7-9-20-2)18(24)17(16)19(25)26/h5-6,11,22,24H,4,7-10,12-13,21H2,1-3H3,(H,25,26)/b14-11-. The van der Waals surface area contributed by atoms with Crippen molar-refractivity contribution >= 4 is 13.2 Å². The van der Waals surface area contributed by atoms with Crippen LogP contribution in [0.3, 0.4) is 0 Å². The fourth-order valence-electron chi connectivity index (χ4n) is 2.68. The van der Waals surface area contributed by atoms with Crippen LogP contribution in [0.25, 0.3) is 0 Å². The molecule has 7 nitrogen and oxygen atoms in total. The highest BCUT2D eigenvalue weighted by atomic mass is 16.5. The minimum absolute atomic E-state index is 0.174. The summed E-state index contributed by atoms with van der Waals surface area (Å²) in [6.07, 6.45) is 3.75. The van der Waals surface area contributed by atoms with Crippen LogP contribution in [0.4, 0.5) is 0 Å². The third-order valence-electron chi connectivity index (χ3n) is 4.38.